The number of pyridine rings is 1. The Morgan fingerprint density at radius 3 is 2.93 bits per heavy atom. The van der Waals surface area contributed by atoms with Crippen molar-refractivity contribution in [2.75, 3.05) is 0 Å². The van der Waals surface area contributed by atoms with Crippen molar-refractivity contribution in [2.45, 2.75) is 32.7 Å². The van der Waals surface area contributed by atoms with Crippen molar-refractivity contribution in [3.8, 4) is 0 Å². The van der Waals surface area contributed by atoms with Gasteiger partial charge in [0.25, 0.3) is 5.91 Å². The highest BCUT2D eigenvalue weighted by Gasteiger charge is 2.09. The van der Waals surface area contributed by atoms with Crippen LogP contribution < -0.4 is 5.32 Å². The molecule has 82 valence electrons. The average Bonchev–Trinajstić information content (AvgIpc) is 2.18. The van der Waals surface area contributed by atoms with E-state index in [1.807, 2.05) is 6.92 Å². The molecule has 1 aromatic rings. The molecular formula is C11H15BrN2O. The van der Waals surface area contributed by atoms with Crippen LogP contribution in [0, 0.1) is 0 Å². The van der Waals surface area contributed by atoms with Gasteiger partial charge in [-0.25, -0.2) is 0 Å². The molecule has 1 amide bonds. The fourth-order valence-electron chi connectivity index (χ4n) is 1.35. The van der Waals surface area contributed by atoms with Crippen molar-refractivity contribution in [1.29, 1.82) is 0 Å². The van der Waals surface area contributed by atoms with Crippen LogP contribution in [0.15, 0.2) is 22.9 Å². The van der Waals surface area contributed by atoms with Gasteiger partial charge in [-0.15, -0.1) is 0 Å². The normalized spacial score (nSPS) is 12.2. The molecule has 4 heteroatoms. The van der Waals surface area contributed by atoms with Crippen LogP contribution in [0.3, 0.4) is 0 Å². The van der Waals surface area contributed by atoms with Gasteiger partial charge in [0.15, 0.2) is 0 Å². The van der Waals surface area contributed by atoms with E-state index in [1.54, 1.807) is 18.5 Å². The van der Waals surface area contributed by atoms with E-state index >= 15 is 0 Å². The second-order valence-electron chi connectivity index (χ2n) is 3.56. The molecule has 1 aromatic heterocycles. The standard InChI is InChI=1S/C11H15BrN2O/c1-3-4-8(2)14-11(15)9-5-10(12)7-13-6-9/h5-8H,3-4H2,1-2H3,(H,14,15)/t8-/m1/s1. The molecule has 3 nitrogen and oxygen atoms in total. The third-order valence-corrected chi connectivity index (χ3v) is 2.50. The van der Waals surface area contributed by atoms with E-state index < -0.39 is 0 Å². The lowest BCUT2D eigenvalue weighted by Crippen LogP contribution is -2.32. The monoisotopic (exact) mass is 270 g/mol. The predicted molar refractivity (Wildman–Crippen MR) is 63.8 cm³/mol. The highest BCUT2D eigenvalue weighted by molar-refractivity contribution is 9.10. The highest BCUT2D eigenvalue weighted by atomic mass is 79.9. The molecule has 0 saturated carbocycles. The number of nitrogens with zero attached hydrogens (tertiary/aromatic N) is 1. The summed E-state index contributed by atoms with van der Waals surface area (Å²) in [7, 11) is 0. The van der Waals surface area contributed by atoms with Gasteiger partial charge in [-0.1, -0.05) is 13.3 Å². The highest BCUT2D eigenvalue weighted by Crippen LogP contribution is 2.09. The van der Waals surface area contributed by atoms with Gasteiger partial charge in [-0.05, 0) is 35.3 Å². The van der Waals surface area contributed by atoms with Crippen molar-refractivity contribution >= 4 is 21.8 Å². The number of rotatable bonds is 4. The Labute approximate surface area is 98.4 Å². The van der Waals surface area contributed by atoms with E-state index in [0.29, 0.717) is 5.56 Å². The van der Waals surface area contributed by atoms with Crippen molar-refractivity contribution in [1.82, 2.24) is 10.3 Å². The number of carbonyl (C=O) groups excluding carboxylic acids is 1. The van der Waals surface area contributed by atoms with Crippen LogP contribution >= 0.6 is 15.9 Å². The lowest BCUT2D eigenvalue weighted by atomic mass is 10.2. The fourth-order valence-corrected chi connectivity index (χ4v) is 1.71. The summed E-state index contributed by atoms with van der Waals surface area (Å²) in [6.07, 6.45) is 5.29. The van der Waals surface area contributed by atoms with Gasteiger partial charge < -0.3 is 5.32 Å². The molecule has 1 atom stereocenters. The van der Waals surface area contributed by atoms with E-state index in [9.17, 15) is 4.79 Å². The van der Waals surface area contributed by atoms with Crippen molar-refractivity contribution in [3.63, 3.8) is 0 Å². The maximum atomic E-state index is 11.7. The van der Waals surface area contributed by atoms with Gasteiger partial charge in [-0.2, -0.15) is 0 Å². The predicted octanol–water partition coefficient (Wildman–Crippen LogP) is 2.76. The van der Waals surface area contributed by atoms with E-state index in [1.165, 1.54) is 0 Å². The molecule has 15 heavy (non-hydrogen) atoms. The molecule has 0 unspecified atom stereocenters. The Morgan fingerprint density at radius 1 is 1.60 bits per heavy atom. The van der Waals surface area contributed by atoms with Gasteiger partial charge in [-0.3, -0.25) is 9.78 Å². The van der Waals surface area contributed by atoms with Gasteiger partial charge in [0.2, 0.25) is 0 Å². The zero-order valence-corrected chi connectivity index (χ0v) is 10.5. The Hall–Kier alpha value is -0.900. The molecule has 0 saturated heterocycles. The van der Waals surface area contributed by atoms with Crippen LogP contribution in [0.4, 0.5) is 0 Å². The number of halogens is 1. The summed E-state index contributed by atoms with van der Waals surface area (Å²) >= 11 is 3.28. The minimum absolute atomic E-state index is 0.0650. The van der Waals surface area contributed by atoms with Gasteiger partial charge in [0, 0.05) is 22.9 Å². The van der Waals surface area contributed by atoms with Crippen molar-refractivity contribution < 1.29 is 4.79 Å². The van der Waals surface area contributed by atoms with E-state index in [4.69, 9.17) is 0 Å². The number of amides is 1. The maximum absolute atomic E-state index is 11.7. The molecule has 0 aliphatic rings. The zero-order valence-electron chi connectivity index (χ0n) is 8.96. The molecule has 1 heterocycles. The first-order valence-electron chi connectivity index (χ1n) is 5.05. The van der Waals surface area contributed by atoms with Crippen LogP contribution in [0.1, 0.15) is 37.0 Å². The molecule has 0 aliphatic heterocycles. The molecule has 1 N–H and O–H groups in total. The molecular weight excluding hydrogens is 256 g/mol. The summed E-state index contributed by atoms with van der Waals surface area (Å²) in [5, 5.41) is 2.92. The Balaban J connectivity index is 2.61. The summed E-state index contributed by atoms with van der Waals surface area (Å²) in [6, 6.07) is 1.97. The number of hydrogen-bond donors (Lipinski definition) is 1. The summed E-state index contributed by atoms with van der Waals surface area (Å²) < 4.78 is 0.818. The smallest absolute Gasteiger partial charge is 0.253 e. The molecule has 0 spiro atoms. The number of hydrogen-bond acceptors (Lipinski definition) is 2. The Morgan fingerprint density at radius 2 is 2.33 bits per heavy atom. The first kappa shape index (κ1) is 12.2. The second kappa shape index (κ2) is 5.85. The molecule has 0 bridgehead atoms. The van der Waals surface area contributed by atoms with E-state index in [0.717, 1.165) is 17.3 Å². The average molecular weight is 271 g/mol. The Kier molecular flexibility index (Phi) is 4.75. The number of nitrogens with one attached hydrogen (secondary N) is 1. The molecule has 0 aliphatic carbocycles. The van der Waals surface area contributed by atoms with Crippen LogP contribution in [-0.4, -0.2) is 16.9 Å². The minimum Gasteiger partial charge on any atom is -0.350 e. The van der Waals surface area contributed by atoms with E-state index in [-0.39, 0.29) is 11.9 Å². The van der Waals surface area contributed by atoms with Crippen LogP contribution in [-0.2, 0) is 0 Å². The topological polar surface area (TPSA) is 42.0 Å². The molecule has 1 rings (SSSR count). The second-order valence-corrected chi connectivity index (χ2v) is 4.47. The minimum atomic E-state index is -0.0650. The van der Waals surface area contributed by atoms with Crippen LogP contribution in [0.25, 0.3) is 0 Å². The summed E-state index contributed by atoms with van der Waals surface area (Å²) in [5.74, 6) is -0.0650. The third-order valence-electron chi connectivity index (χ3n) is 2.07. The van der Waals surface area contributed by atoms with Crippen LogP contribution in [0.5, 0.6) is 0 Å². The van der Waals surface area contributed by atoms with E-state index in [2.05, 4.69) is 33.2 Å². The molecule has 0 aromatic carbocycles. The first-order valence-corrected chi connectivity index (χ1v) is 5.84. The summed E-state index contributed by atoms with van der Waals surface area (Å²) in [5.41, 5.74) is 0.590. The first-order chi connectivity index (χ1) is 7.13. The van der Waals surface area contributed by atoms with Crippen molar-refractivity contribution in [2.24, 2.45) is 0 Å². The quantitative estimate of drug-likeness (QED) is 0.914. The SMILES string of the molecule is CCC[C@@H](C)NC(=O)c1cncc(Br)c1. The summed E-state index contributed by atoms with van der Waals surface area (Å²) in [4.78, 5) is 15.7. The Bertz CT molecular complexity index is 341. The summed E-state index contributed by atoms with van der Waals surface area (Å²) in [6.45, 7) is 4.11. The lowest BCUT2D eigenvalue weighted by molar-refractivity contribution is 0.0938. The zero-order chi connectivity index (χ0) is 11.3. The van der Waals surface area contributed by atoms with Gasteiger partial charge in [0.05, 0.1) is 5.56 Å². The van der Waals surface area contributed by atoms with Gasteiger partial charge in [0.1, 0.15) is 0 Å². The van der Waals surface area contributed by atoms with Crippen molar-refractivity contribution in [3.05, 3.63) is 28.5 Å². The fraction of sp³-hybridized carbons (Fsp3) is 0.455. The number of aromatic nitrogens is 1. The number of carbonyl (C=O) groups is 1. The maximum Gasteiger partial charge on any atom is 0.253 e. The largest absolute Gasteiger partial charge is 0.350 e. The third kappa shape index (κ3) is 4.00. The molecule has 0 fully saturated rings. The lowest BCUT2D eigenvalue weighted by Gasteiger charge is -2.12. The molecule has 0 radical (unpaired) electrons. The van der Waals surface area contributed by atoms with Crippen LogP contribution in [0.2, 0.25) is 0 Å². The van der Waals surface area contributed by atoms with Gasteiger partial charge >= 0.3 is 0 Å².